The molecule has 0 bridgehead atoms. The van der Waals surface area contributed by atoms with Crippen LogP contribution >= 0.6 is 0 Å². The van der Waals surface area contributed by atoms with Crippen LogP contribution in [0.4, 0.5) is 0 Å². The zero-order chi connectivity index (χ0) is 9.56. The summed E-state index contributed by atoms with van der Waals surface area (Å²) in [5.41, 5.74) is 0.693. The van der Waals surface area contributed by atoms with Crippen LogP contribution in [0.2, 0.25) is 0 Å². The van der Waals surface area contributed by atoms with Gasteiger partial charge in [-0.3, -0.25) is 4.79 Å². The second kappa shape index (κ2) is 5.60. The Morgan fingerprint density at radius 2 is 2.25 bits per heavy atom. The Hall–Kier alpha value is -1.03. The van der Waals surface area contributed by atoms with Crippen molar-refractivity contribution in [1.29, 1.82) is 0 Å². The molecule has 0 radical (unpaired) electrons. The van der Waals surface area contributed by atoms with Crippen LogP contribution in [0.25, 0.3) is 0 Å². The van der Waals surface area contributed by atoms with E-state index < -0.39 is 0 Å². The normalized spacial score (nSPS) is 11.9. The Balaban J connectivity index is 3.50. The summed E-state index contributed by atoms with van der Waals surface area (Å²) >= 11 is 0. The number of esters is 1. The number of ether oxygens (including phenoxy) is 2. The molecule has 0 aromatic carbocycles. The van der Waals surface area contributed by atoms with Crippen molar-refractivity contribution in [2.75, 3.05) is 13.8 Å². The maximum Gasteiger partial charge on any atom is 0.304 e. The van der Waals surface area contributed by atoms with Crippen molar-refractivity contribution >= 4 is 5.97 Å². The van der Waals surface area contributed by atoms with Gasteiger partial charge in [0.2, 0.25) is 0 Å². The molecule has 0 heterocycles. The summed E-state index contributed by atoms with van der Waals surface area (Å²) in [6, 6.07) is 0. The molecule has 0 aromatic rings. The van der Waals surface area contributed by atoms with E-state index in [-0.39, 0.29) is 18.8 Å². The maximum atomic E-state index is 10.3. The minimum Gasteiger partial charge on any atom is -0.445 e. The average molecular weight is 173 g/mol. The van der Waals surface area contributed by atoms with E-state index in [0.29, 0.717) is 5.70 Å². The minimum absolute atomic E-state index is 0.0828. The highest BCUT2D eigenvalue weighted by Crippen LogP contribution is 1.97. The molecule has 0 aliphatic heterocycles. The SMILES string of the molecule is C=C(NCOC(C)=O)[C@H](C)OC. The van der Waals surface area contributed by atoms with Crippen molar-refractivity contribution in [2.45, 2.75) is 20.0 Å². The largest absolute Gasteiger partial charge is 0.445 e. The number of rotatable bonds is 5. The molecule has 0 aliphatic carbocycles. The van der Waals surface area contributed by atoms with Crippen LogP contribution in [0.1, 0.15) is 13.8 Å². The van der Waals surface area contributed by atoms with Crippen molar-refractivity contribution in [3.05, 3.63) is 12.3 Å². The molecular weight excluding hydrogens is 158 g/mol. The molecule has 0 fully saturated rings. The smallest absolute Gasteiger partial charge is 0.304 e. The van der Waals surface area contributed by atoms with E-state index >= 15 is 0 Å². The van der Waals surface area contributed by atoms with Gasteiger partial charge in [0.1, 0.15) is 0 Å². The quantitative estimate of drug-likeness (QED) is 0.489. The average Bonchev–Trinajstić information content (AvgIpc) is 2.02. The Morgan fingerprint density at radius 1 is 1.67 bits per heavy atom. The van der Waals surface area contributed by atoms with Crippen molar-refractivity contribution in [3.8, 4) is 0 Å². The van der Waals surface area contributed by atoms with E-state index in [1.807, 2.05) is 6.92 Å². The van der Waals surface area contributed by atoms with Gasteiger partial charge in [0.15, 0.2) is 6.73 Å². The van der Waals surface area contributed by atoms with Crippen LogP contribution in [-0.4, -0.2) is 25.9 Å². The lowest BCUT2D eigenvalue weighted by atomic mass is 10.3. The molecule has 4 nitrogen and oxygen atoms in total. The Labute approximate surface area is 72.5 Å². The summed E-state index contributed by atoms with van der Waals surface area (Å²) < 4.78 is 9.61. The molecule has 0 unspecified atom stereocenters. The van der Waals surface area contributed by atoms with Crippen LogP contribution in [0, 0.1) is 0 Å². The molecule has 0 aromatic heterocycles. The van der Waals surface area contributed by atoms with Crippen LogP contribution < -0.4 is 5.32 Å². The fraction of sp³-hybridized carbons (Fsp3) is 0.625. The van der Waals surface area contributed by atoms with Gasteiger partial charge in [-0.15, -0.1) is 0 Å². The van der Waals surface area contributed by atoms with E-state index in [1.165, 1.54) is 6.92 Å². The van der Waals surface area contributed by atoms with Crippen LogP contribution in [0.5, 0.6) is 0 Å². The fourth-order valence-electron chi connectivity index (χ4n) is 0.516. The van der Waals surface area contributed by atoms with Crippen molar-refractivity contribution in [1.82, 2.24) is 5.32 Å². The summed E-state index contributed by atoms with van der Waals surface area (Å²) in [7, 11) is 1.59. The lowest BCUT2D eigenvalue weighted by Gasteiger charge is -2.14. The van der Waals surface area contributed by atoms with Crippen LogP contribution in [0.15, 0.2) is 12.3 Å². The standard InChI is InChI=1S/C8H15NO3/c1-6(7(2)11-4)9-5-12-8(3)10/h7,9H,1,5H2,2-4H3/t7-/m0/s1. The second-order valence-corrected chi connectivity index (χ2v) is 2.36. The van der Waals surface area contributed by atoms with Gasteiger partial charge in [-0.25, -0.2) is 0 Å². The zero-order valence-electron chi connectivity index (χ0n) is 7.72. The highest BCUT2D eigenvalue weighted by Gasteiger charge is 2.03. The molecule has 0 rings (SSSR count). The van der Waals surface area contributed by atoms with Gasteiger partial charge in [-0.2, -0.15) is 0 Å². The summed E-state index contributed by atoms with van der Waals surface area (Å²) in [6.45, 7) is 7.04. The van der Waals surface area contributed by atoms with Gasteiger partial charge in [-0.1, -0.05) is 6.58 Å². The second-order valence-electron chi connectivity index (χ2n) is 2.36. The van der Waals surface area contributed by atoms with Gasteiger partial charge < -0.3 is 14.8 Å². The predicted octanol–water partition coefficient (Wildman–Crippen LogP) is 0.645. The first-order valence-corrected chi connectivity index (χ1v) is 3.66. The third-order valence-electron chi connectivity index (χ3n) is 1.42. The molecule has 4 heteroatoms. The van der Waals surface area contributed by atoms with Gasteiger partial charge >= 0.3 is 5.97 Å². The molecule has 0 aliphatic rings. The molecule has 12 heavy (non-hydrogen) atoms. The fourth-order valence-corrected chi connectivity index (χ4v) is 0.516. The first-order valence-electron chi connectivity index (χ1n) is 3.66. The highest BCUT2D eigenvalue weighted by atomic mass is 16.5. The molecule has 0 saturated heterocycles. The van der Waals surface area contributed by atoms with E-state index in [9.17, 15) is 4.79 Å². The Kier molecular flexibility index (Phi) is 5.12. The third kappa shape index (κ3) is 4.73. The van der Waals surface area contributed by atoms with E-state index in [1.54, 1.807) is 7.11 Å². The number of methoxy groups -OCH3 is 1. The lowest BCUT2D eigenvalue weighted by molar-refractivity contribution is -0.141. The molecule has 70 valence electrons. The molecule has 1 N–H and O–H groups in total. The summed E-state index contributed by atoms with van der Waals surface area (Å²) in [6.07, 6.45) is -0.0828. The number of carbonyl (C=O) groups is 1. The first-order chi connectivity index (χ1) is 5.57. The van der Waals surface area contributed by atoms with Crippen LogP contribution in [-0.2, 0) is 14.3 Å². The molecule has 0 saturated carbocycles. The highest BCUT2D eigenvalue weighted by molar-refractivity contribution is 5.65. The summed E-state index contributed by atoms with van der Waals surface area (Å²) in [5, 5.41) is 2.80. The van der Waals surface area contributed by atoms with E-state index in [4.69, 9.17) is 4.74 Å². The minimum atomic E-state index is -0.319. The van der Waals surface area contributed by atoms with Gasteiger partial charge in [0, 0.05) is 19.7 Å². The topological polar surface area (TPSA) is 47.6 Å². The van der Waals surface area contributed by atoms with Crippen molar-refractivity contribution < 1.29 is 14.3 Å². The summed E-state index contributed by atoms with van der Waals surface area (Å²) in [4.78, 5) is 10.3. The number of carbonyl (C=O) groups excluding carboxylic acids is 1. The molecule has 1 atom stereocenters. The van der Waals surface area contributed by atoms with Crippen LogP contribution in [0.3, 0.4) is 0 Å². The first kappa shape index (κ1) is 11.0. The summed E-state index contributed by atoms with van der Waals surface area (Å²) in [5.74, 6) is -0.319. The van der Waals surface area contributed by atoms with Crippen molar-refractivity contribution in [2.24, 2.45) is 0 Å². The van der Waals surface area contributed by atoms with Gasteiger partial charge in [-0.05, 0) is 6.92 Å². The molecule has 0 spiro atoms. The predicted molar refractivity (Wildman–Crippen MR) is 45.4 cm³/mol. The number of hydrogen-bond acceptors (Lipinski definition) is 4. The van der Waals surface area contributed by atoms with E-state index in [0.717, 1.165) is 0 Å². The number of nitrogens with one attached hydrogen (secondary N) is 1. The maximum absolute atomic E-state index is 10.3. The monoisotopic (exact) mass is 173 g/mol. The zero-order valence-corrected chi connectivity index (χ0v) is 7.72. The van der Waals surface area contributed by atoms with Gasteiger partial charge in [0.25, 0.3) is 0 Å². The van der Waals surface area contributed by atoms with Crippen molar-refractivity contribution in [3.63, 3.8) is 0 Å². The lowest BCUT2D eigenvalue weighted by Crippen LogP contribution is -2.25. The molecular formula is C8H15NO3. The van der Waals surface area contributed by atoms with Gasteiger partial charge in [0.05, 0.1) is 6.10 Å². The Morgan fingerprint density at radius 3 is 2.67 bits per heavy atom. The number of hydrogen-bond donors (Lipinski definition) is 1. The third-order valence-corrected chi connectivity index (χ3v) is 1.42. The Bertz CT molecular complexity index is 168. The van der Waals surface area contributed by atoms with E-state index in [2.05, 4.69) is 16.6 Å². The molecule has 0 amide bonds.